The maximum atomic E-state index is 13.2. The molecule has 0 unspecified atom stereocenters. The topological polar surface area (TPSA) is 30.7 Å². The fraction of sp³-hybridized carbons (Fsp3) is 0.333. The summed E-state index contributed by atoms with van der Waals surface area (Å²) < 4.78 is 14.7. The van der Waals surface area contributed by atoms with E-state index in [4.69, 9.17) is 11.6 Å². The van der Waals surface area contributed by atoms with E-state index in [0.717, 1.165) is 5.69 Å². The molecule has 1 aromatic heterocycles. The smallest absolute Gasteiger partial charge is 0.126 e. The Kier molecular flexibility index (Phi) is 2.91. The van der Waals surface area contributed by atoms with Gasteiger partial charge in [0.15, 0.2) is 0 Å². The van der Waals surface area contributed by atoms with Crippen LogP contribution >= 0.6 is 11.6 Å². The van der Waals surface area contributed by atoms with Gasteiger partial charge in [-0.2, -0.15) is 0 Å². The quantitative estimate of drug-likeness (QED) is 0.780. The second-order valence-corrected chi connectivity index (χ2v) is 5.36. The molecule has 17 heavy (non-hydrogen) atoms. The summed E-state index contributed by atoms with van der Waals surface area (Å²) in [5, 5.41) is 8.39. The van der Waals surface area contributed by atoms with Gasteiger partial charge in [0.05, 0.1) is 17.6 Å². The van der Waals surface area contributed by atoms with Gasteiger partial charge in [-0.1, -0.05) is 37.6 Å². The molecule has 5 heteroatoms. The monoisotopic (exact) mass is 253 g/mol. The Labute approximate surface area is 104 Å². The van der Waals surface area contributed by atoms with Gasteiger partial charge in [-0.15, -0.1) is 5.10 Å². The molecule has 1 heterocycles. The molecule has 0 saturated carbocycles. The fourth-order valence-corrected chi connectivity index (χ4v) is 1.62. The van der Waals surface area contributed by atoms with Crippen molar-refractivity contribution in [3.05, 3.63) is 40.9 Å². The number of benzene rings is 1. The minimum absolute atomic E-state index is 0.0879. The lowest BCUT2D eigenvalue weighted by atomic mass is 9.93. The number of rotatable bonds is 1. The number of halogens is 2. The van der Waals surface area contributed by atoms with Crippen molar-refractivity contribution in [2.45, 2.75) is 26.2 Å². The predicted octanol–water partition coefficient (Wildman–Crippen LogP) is 3.36. The largest absolute Gasteiger partial charge is 0.220 e. The van der Waals surface area contributed by atoms with Gasteiger partial charge < -0.3 is 0 Å². The van der Waals surface area contributed by atoms with E-state index < -0.39 is 0 Å². The van der Waals surface area contributed by atoms with Crippen LogP contribution in [0.3, 0.4) is 0 Å². The van der Waals surface area contributed by atoms with Gasteiger partial charge in [-0.05, 0) is 18.2 Å². The van der Waals surface area contributed by atoms with Gasteiger partial charge in [-0.25, -0.2) is 9.07 Å². The molecule has 1 aromatic carbocycles. The van der Waals surface area contributed by atoms with E-state index in [0.29, 0.717) is 10.7 Å². The average molecular weight is 254 g/mol. The van der Waals surface area contributed by atoms with Crippen molar-refractivity contribution in [1.29, 1.82) is 0 Å². The zero-order valence-corrected chi connectivity index (χ0v) is 10.7. The third kappa shape index (κ3) is 2.64. The van der Waals surface area contributed by atoms with E-state index in [1.807, 2.05) is 20.8 Å². The summed E-state index contributed by atoms with van der Waals surface area (Å²) in [6.45, 7) is 6.12. The molecule has 0 radical (unpaired) electrons. The molecule has 0 bridgehead atoms. The van der Waals surface area contributed by atoms with Gasteiger partial charge in [0.2, 0.25) is 0 Å². The van der Waals surface area contributed by atoms with E-state index in [1.165, 1.54) is 16.8 Å². The van der Waals surface area contributed by atoms with E-state index in [9.17, 15) is 4.39 Å². The molecule has 0 aliphatic carbocycles. The van der Waals surface area contributed by atoms with Crippen LogP contribution in [0.15, 0.2) is 24.4 Å². The molecule has 0 fully saturated rings. The van der Waals surface area contributed by atoms with Gasteiger partial charge in [0.1, 0.15) is 5.82 Å². The highest BCUT2D eigenvalue weighted by Crippen LogP contribution is 2.21. The Hall–Kier alpha value is -1.42. The van der Waals surface area contributed by atoms with Gasteiger partial charge >= 0.3 is 0 Å². The summed E-state index contributed by atoms with van der Waals surface area (Å²) in [6.07, 6.45) is 1.78. The molecule has 0 aliphatic rings. The molecule has 2 rings (SSSR count). The van der Waals surface area contributed by atoms with Crippen molar-refractivity contribution < 1.29 is 4.39 Å². The number of hydrogen-bond acceptors (Lipinski definition) is 2. The average Bonchev–Trinajstić information content (AvgIpc) is 2.63. The van der Waals surface area contributed by atoms with Crippen molar-refractivity contribution in [2.75, 3.05) is 0 Å². The van der Waals surface area contributed by atoms with Crippen LogP contribution in [-0.4, -0.2) is 15.0 Å². The number of hydrogen-bond donors (Lipinski definition) is 0. The lowest BCUT2D eigenvalue weighted by Crippen LogP contribution is -2.11. The van der Waals surface area contributed by atoms with E-state index >= 15 is 0 Å². The SMILES string of the molecule is CC(C)(C)c1cn(-c2cc(F)cc(Cl)c2)nn1. The number of aromatic nitrogens is 3. The minimum atomic E-state index is -0.389. The van der Waals surface area contributed by atoms with E-state index in [2.05, 4.69) is 10.3 Å². The first-order valence-corrected chi connectivity index (χ1v) is 5.63. The molecular weight excluding hydrogens is 241 g/mol. The Balaban J connectivity index is 2.44. The van der Waals surface area contributed by atoms with Crippen LogP contribution in [0.25, 0.3) is 5.69 Å². The van der Waals surface area contributed by atoms with Crippen molar-refractivity contribution in [2.24, 2.45) is 0 Å². The zero-order chi connectivity index (χ0) is 12.6. The molecule has 0 spiro atoms. The van der Waals surface area contributed by atoms with Gasteiger partial charge in [0, 0.05) is 10.4 Å². The highest BCUT2D eigenvalue weighted by atomic mass is 35.5. The van der Waals surface area contributed by atoms with Crippen molar-refractivity contribution >= 4 is 11.6 Å². The maximum absolute atomic E-state index is 13.2. The first-order chi connectivity index (χ1) is 7.86. The molecule has 0 amide bonds. The Morgan fingerprint density at radius 2 is 1.94 bits per heavy atom. The molecule has 2 aromatic rings. The highest BCUT2D eigenvalue weighted by Gasteiger charge is 2.18. The first-order valence-electron chi connectivity index (χ1n) is 5.25. The molecule has 0 atom stereocenters. The summed E-state index contributed by atoms with van der Waals surface area (Å²) >= 11 is 5.80. The standard InChI is InChI=1S/C12H13ClFN3/c1-12(2,3)11-7-17(16-15-11)10-5-8(13)4-9(14)6-10/h4-7H,1-3H3. The van der Waals surface area contributed by atoms with Gasteiger partial charge in [0.25, 0.3) is 0 Å². The maximum Gasteiger partial charge on any atom is 0.126 e. The molecular formula is C12H13ClFN3. The van der Waals surface area contributed by atoms with Crippen LogP contribution in [0.5, 0.6) is 0 Å². The Morgan fingerprint density at radius 3 is 2.47 bits per heavy atom. The summed E-state index contributed by atoms with van der Waals surface area (Å²) in [4.78, 5) is 0. The lowest BCUT2D eigenvalue weighted by molar-refractivity contribution is 0.566. The van der Waals surface area contributed by atoms with Crippen LogP contribution in [0, 0.1) is 5.82 Å². The van der Waals surface area contributed by atoms with E-state index in [-0.39, 0.29) is 11.2 Å². The molecule has 0 saturated heterocycles. The van der Waals surface area contributed by atoms with Crippen LogP contribution in [-0.2, 0) is 5.41 Å². The summed E-state index contributed by atoms with van der Waals surface area (Å²) in [5.41, 5.74) is 1.32. The van der Waals surface area contributed by atoms with Crippen LogP contribution in [0.1, 0.15) is 26.5 Å². The van der Waals surface area contributed by atoms with Crippen molar-refractivity contribution in [3.63, 3.8) is 0 Å². The Morgan fingerprint density at radius 1 is 1.24 bits per heavy atom. The van der Waals surface area contributed by atoms with Crippen molar-refractivity contribution in [3.8, 4) is 5.69 Å². The highest BCUT2D eigenvalue weighted by molar-refractivity contribution is 6.30. The lowest BCUT2D eigenvalue weighted by Gasteiger charge is -2.12. The molecule has 0 N–H and O–H groups in total. The molecule has 90 valence electrons. The van der Waals surface area contributed by atoms with Crippen molar-refractivity contribution in [1.82, 2.24) is 15.0 Å². The summed E-state index contributed by atoms with van der Waals surface area (Å²) in [7, 11) is 0. The molecule has 3 nitrogen and oxygen atoms in total. The minimum Gasteiger partial charge on any atom is -0.220 e. The predicted molar refractivity (Wildman–Crippen MR) is 65.0 cm³/mol. The molecule has 0 aliphatic heterocycles. The fourth-order valence-electron chi connectivity index (χ4n) is 1.41. The first kappa shape index (κ1) is 12.0. The zero-order valence-electron chi connectivity index (χ0n) is 9.91. The second kappa shape index (κ2) is 4.11. The number of nitrogens with zero attached hydrogens (tertiary/aromatic N) is 3. The Bertz CT molecular complexity index is 523. The van der Waals surface area contributed by atoms with Gasteiger partial charge in [-0.3, -0.25) is 0 Å². The van der Waals surface area contributed by atoms with Crippen LogP contribution < -0.4 is 0 Å². The second-order valence-electron chi connectivity index (χ2n) is 4.93. The normalized spacial score (nSPS) is 11.8. The van der Waals surface area contributed by atoms with E-state index in [1.54, 1.807) is 12.3 Å². The summed E-state index contributed by atoms with van der Waals surface area (Å²) in [5.74, 6) is -0.389. The third-order valence-electron chi connectivity index (χ3n) is 2.37. The van der Waals surface area contributed by atoms with Crippen LogP contribution in [0.2, 0.25) is 5.02 Å². The van der Waals surface area contributed by atoms with Crippen LogP contribution in [0.4, 0.5) is 4.39 Å². The summed E-state index contributed by atoms with van der Waals surface area (Å²) in [6, 6.07) is 4.27. The third-order valence-corrected chi connectivity index (χ3v) is 2.59.